The van der Waals surface area contributed by atoms with E-state index in [2.05, 4.69) is 19.2 Å². The Kier molecular flexibility index (Phi) is 6.64. The van der Waals surface area contributed by atoms with Crippen LogP contribution in [0.25, 0.3) is 0 Å². The van der Waals surface area contributed by atoms with Gasteiger partial charge in [0.2, 0.25) is 5.91 Å². The molecule has 0 fully saturated rings. The largest absolute Gasteiger partial charge is 0.396 e. The van der Waals surface area contributed by atoms with Gasteiger partial charge < -0.3 is 11.1 Å². The molecule has 3 N–H and O–H groups in total. The third-order valence-electron chi connectivity index (χ3n) is 2.76. The summed E-state index contributed by atoms with van der Waals surface area (Å²) in [6.45, 7) is 4.14. The zero-order chi connectivity index (χ0) is 15.1. The van der Waals surface area contributed by atoms with E-state index in [9.17, 15) is 13.4 Å². The van der Waals surface area contributed by atoms with Crippen molar-refractivity contribution < 1.29 is 13.4 Å². The molecule has 0 saturated heterocycles. The van der Waals surface area contributed by atoms with Crippen LogP contribution in [0.1, 0.15) is 26.7 Å². The summed E-state index contributed by atoms with van der Waals surface area (Å²) in [5, 5.41) is 2.61. The molecule has 6 heteroatoms. The molecule has 1 amide bonds. The number of carbonyl (C=O) groups excluding carboxylic acids is 1. The fraction of sp³-hybridized carbons (Fsp3) is 0.500. The molecule has 1 aromatic carbocycles. The molecule has 1 unspecified atom stereocenters. The van der Waals surface area contributed by atoms with Gasteiger partial charge in [-0.2, -0.15) is 0 Å². The van der Waals surface area contributed by atoms with Crippen LogP contribution in [-0.4, -0.2) is 21.6 Å². The minimum Gasteiger partial charge on any atom is -0.396 e. The van der Waals surface area contributed by atoms with E-state index >= 15 is 0 Å². The summed E-state index contributed by atoms with van der Waals surface area (Å²) in [7, 11) is -0.973. The Morgan fingerprint density at radius 2 is 2.10 bits per heavy atom. The van der Waals surface area contributed by atoms with Gasteiger partial charge in [-0.05, 0) is 30.5 Å². The first-order chi connectivity index (χ1) is 9.38. The van der Waals surface area contributed by atoms with Crippen LogP contribution >= 0.6 is 0 Å². The van der Waals surface area contributed by atoms with Crippen LogP contribution in [0, 0.1) is 11.7 Å². The maximum Gasteiger partial charge on any atom is 0.225 e. The Hall–Kier alpha value is -1.43. The lowest BCUT2D eigenvalue weighted by molar-refractivity contribution is -0.115. The van der Waals surface area contributed by atoms with Crippen molar-refractivity contribution in [1.29, 1.82) is 0 Å². The highest BCUT2D eigenvalue weighted by atomic mass is 32.2. The number of anilines is 2. The minimum absolute atomic E-state index is 0.0108. The minimum atomic E-state index is -0.973. The van der Waals surface area contributed by atoms with E-state index in [1.807, 2.05) is 0 Å². The van der Waals surface area contributed by atoms with Gasteiger partial charge in [-0.3, -0.25) is 9.00 Å². The molecule has 4 nitrogen and oxygen atoms in total. The molecule has 0 aliphatic carbocycles. The lowest BCUT2D eigenvalue weighted by Gasteiger charge is -2.07. The Balaban J connectivity index is 2.36. The smallest absolute Gasteiger partial charge is 0.225 e. The average Bonchev–Trinajstić information content (AvgIpc) is 2.38. The van der Waals surface area contributed by atoms with Crippen molar-refractivity contribution in [1.82, 2.24) is 0 Å². The fourth-order valence-electron chi connectivity index (χ4n) is 1.52. The Bertz CT molecular complexity index is 492. The number of rotatable bonds is 7. The van der Waals surface area contributed by atoms with Gasteiger partial charge in [-0.1, -0.05) is 13.8 Å². The van der Waals surface area contributed by atoms with Gasteiger partial charge in [0.25, 0.3) is 0 Å². The highest BCUT2D eigenvalue weighted by Crippen LogP contribution is 2.16. The van der Waals surface area contributed by atoms with Gasteiger partial charge in [0.05, 0.1) is 5.69 Å². The molecule has 0 aliphatic heterocycles. The van der Waals surface area contributed by atoms with E-state index in [0.717, 1.165) is 6.42 Å². The molecule has 1 aromatic rings. The number of carbonyl (C=O) groups is 1. The number of hydrogen-bond donors (Lipinski definition) is 2. The molecular weight excluding hydrogens is 279 g/mol. The van der Waals surface area contributed by atoms with Crippen molar-refractivity contribution in [2.75, 3.05) is 22.6 Å². The van der Waals surface area contributed by atoms with Crippen LogP contribution in [0.15, 0.2) is 18.2 Å². The topological polar surface area (TPSA) is 72.2 Å². The lowest BCUT2D eigenvalue weighted by atomic mass is 10.2. The molecule has 1 rings (SSSR count). The predicted octanol–water partition coefficient (Wildman–Crippen LogP) is 2.53. The monoisotopic (exact) mass is 300 g/mol. The van der Waals surface area contributed by atoms with Gasteiger partial charge in [-0.25, -0.2) is 4.39 Å². The van der Waals surface area contributed by atoms with E-state index in [1.165, 1.54) is 18.2 Å². The number of hydrogen-bond acceptors (Lipinski definition) is 3. The van der Waals surface area contributed by atoms with E-state index in [0.29, 0.717) is 23.1 Å². The number of benzene rings is 1. The van der Waals surface area contributed by atoms with Gasteiger partial charge in [0, 0.05) is 34.4 Å². The standard InChI is InChI=1S/C14H21FN2O2S/c1-10(2)5-7-20(19)8-6-14(18)17-11-3-4-12(15)13(16)9-11/h3-4,9-10H,5-8,16H2,1-2H3,(H,17,18). The SMILES string of the molecule is CC(C)CCS(=O)CCC(=O)Nc1ccc(F)c(N)c1. The molecule has 0 heterocycles. The van der Waals surface area contributed by atoms with Crippen molar-refractivity contribution >= 4 is 28.1 Å². The second kappa shape index (κ2) is 7.99. The fourth-order valence-corrected chi connectivity index (χ4v) is 2.87. The molecule has 20 heavy (non-hydrogen) atoms. The second-order valence-electron chi connectivity index (χ2n) is 5.07. The first kappa shape index (κ1) is 16.6. The second-order valence-corrected chi connectivity index (χ2v) is 6.76. The summed E-state index contributed by atoms with van der Waals surface area (Å²) in [6, 6.07) is 4.01. The Labute approximate surface area is 121 Å². The summed E-state index contributed by atoms with van der Waals surface area (Å²) < 4.78 is 24.6. The Morgan fingerprint density at radius 3 is 2.70 bits per heavy atom. The summed E-state index contributed by atoms with van der Waals surface area (Å²) in [5.74, 6) is 0.714. The number of nitrogen functional groups attached to an aromatic ring is 1. The molecule has 0 aliphatic rings. The number of nitrogens with one attached hydrogen (secondary N) is 1. The zero-order valence-electron chi connectivity index (χ0n) is 11.8. The first-order valence-electron chi connectivity index (χ1n) is 6.58. The summed E-state index contributed by atoms with van der Waals surface area (Å²) in [4.78, 5) is 11.7. The summed E-state index contributed by atoms with van der Waals surface area (Å²) in [6.07, 6.45) is 1.07. The zero-order valence-corrected chi connectivity index (χ0v) is 12.6. The van der Waals surface area contributed by atoms with Crippen molar-refractivity contribution in [2.45, 2.75) is 26.7 Å². The maximum atomic E-state index is 13.0. The number of amides is 1. The molecule has 0 spiro atoms. The molecule has 1 atom stereocenters. The van der Waals surface area contributed by atoms with Crippen LogP contribution in [0.4, 0.5) is 15.8 Å². The van der Waals surface area contributed by atoms with Gasteiger partial charge in [-0.15, -0.1) is 0 Å². The first-order valence-corrected chi connectivity index (χ1v) is 8.07. The molecule has 0 saturated carbocycles. The molecule has 0 aromatic heterocycles. The van der Waals surface area contributed by atoms with Crippen LogP contribution in [0.2, 0.25) is 0 Å². The molecular formula is C14H21FN2O2S. The normalized spacial score (nSPS) is 12.4. The van der Waals surface area contributed by atoms with Crippen molar-refractivity contribution in [2.24, 2.45) is 5.92 Å². The third kappa shape index (κ3) is 6.14. The lowest BCUT2D eigenvalue weighted by Crippen LogP contribution is -2.16. The third-order valence-corrected chi connectivity index (χ3v) is 4.11. The van der Waals surface area contributed by atoms with E-state index < -0.39 is 16.6 Å². The van der Waals surface area contributed by atoms with Crippen LogP contribution in [0.5, 0.6) is 0 Å². The van der Waals surface area contributed by atoms with E-state index in [-0.39, 0.29) is 18.0 Å². The van der Waals surface area contributed by atoms with Crippen molar-refractivity contribution in [3.63, 3.8) is 0 Å². The molecule has 112 valence electrons. The van der Waals surface area contributed by atoms with Gasteiger partial charge >= 0.3 is 0 Å². The van der Waals surface area contributed by atoms with E-state index in [1.54, 1.807) is 0 Å². The summed E-state index contributed by atoms with van der Waals surface area (Å²) >= 11 is 0. The van der Waals surface area contributed by atoms with E-state index in [4.69, 9.17) is 5.73 Å². The molecule has 0 radical (unpaired) electrons. The van der Waals surface area contributed by atoms with Gasteiger partial charge in [0.1, 0.15) is 5.82 Å². The van der Waals surface area contributed by atoms with Crippen LogP contribution in [-0.2, 0) is 15.6 Å². The van der Waals surface area contributed by atoms with Crippen molar-refractivity contribution in [3.8, 4) is 0 Å². The Morgan fingerprint density at radius 1 is 1.40 bits per heavy atom. The highest BCUT2D eigenvalue weighted by molar-refractivity contribution is 7.84. The maximum absolute atomic E-state index is 13.0. The number of nitrogens with two attached hydrogens (primary N) is 1. The van der Waals surface area contributed by atoms with Crippen LogP contribution in [0.3, 0.4) is 0 Å². The number of halogens is 1. The van der Waals surface area contributed by atoms with Crippen LogP contribution < -0.4 is 11.1 Å². The quantitative estimate of drug-likeness (QED) is 0.760. The molecule has 0 bridgehead atoms. The van der Waals surface area contributed by atoms with Crippen molar-refractivity contribution in [3.05, 3.63) is 24.0 Å². The predicted molar refractivity (Wildman–Crippen MR) is 81.4 cm³/mol. The van der Waals surface area contributed by atoms with Gasteiger partial charge in [0.15, 0.2) is 0 Å². The average molecular weight is 300 g/mol. The highest BCUT2D eigenvalue weighted by Gasteiger charge is 2.08. The summed E-state index contributed by atoms with van der Waals surface area (Å²) in [5.41, 5.74) is 5.85.